The van der Waals surface area contributed by atoms with Gasteiger partial charge in [0.15, 0.2) is 11.6 Å². The molecule has 0 aliphatic carbocycles. The minimum atomic E-state index is -0.569. The maximum Gasteiger partial charge on any atom is 0.256 e. The minimum absolute atomic E-state index is 0.108. The third-order valence-electron chi connectivity index (χ3n) is 3.33. The lowest BCUT2D eigenvalue weighted by molar-refractivity contribution is 0.102. The van der Waals surface area contributed by atoms with Crippen LogP contribution in [0.2, 0.25) is 0 Å². The third kappa shape index (κ3) is 3.21. The van der Waals surface area contributed by atoms with Crippen molar-refractivity contribution in [2.75, 3.05) is 12.4 Å². The fraction of sp³-hybridized carbons (Fsp3) is 0.333. The Morgan fingerprint density at radius 1 is 1.48 bits per heavy atom. The zero-order valence-corrected chi connectivity index (χ0v) is 12.3. The van der Waals surface area contributed by atoms with Gasteiger partial charge in [0.1, 0.15) is 5.82 Å². The molecule has 1 aromatic heterocycles. The van der Waals surface area contributed by atoms with Crippen molar-refractivity contribution in [1.82, 2.24) is 9.78 Å². The first-order chi connectivity index (χ1) is 10.1. The Morgan fingerprint density at radius 3 is 2.86 bits per heavy atom. The Balaban J connectivity index is 2.19. The molecule has 0 saturated carbocycles. The van der Waals surface area contributed by atoms with E-state index in [0.29, 0.717) is 5.82 Å². The Hall–Kier alpha value is -2.37. The smallest absolute Gasteiger partial charge is 0.256 e. The zero-order valence-electron chi connectivity index (χ0n) is 12.3. The Morgan fingerprint density at radius 2 is 2.24 bits per heavy atom. The number of carbonyl (C=O) groups is 1. The molecule has 1 amide bonds. The molecule has 0 spiro atoms. The average Bonchev–Trinajstić information content (AvgIpc) is 2.94. The SMILES string of the molecule is CCC(C)n1nccc1NC(=O)c1ccc(OC)c(F)c1. The zero-order chi connectivity index (χ0) is 15.4. The summed E-state index contributed by atoms with van der Waals surface area (Å²) in [6.45, 7) is 4.05. The number of amides is 1. The maximum absolute atomic E-state index is 13.6. The number of ether oxygens (including phenoxy) is 1. The molecule has 1 N–H and O–H groups in total. The molecule has 0 aliphatic heterocycles. The highest BCUT2D eigenvalue weighted by atomic mass is 19.1. The van der Waals surface area contributed by atoms with Gasteiger partial charge in [0.25, 0.3) is 5.91 Å². The molecular formula is C15H18FN3O2. The van der Waals surface area contributed by atoms with E-state index in [4.69, 9.17) is 4.74 Å². The molecule has 5 nitrogen and oxygen atoms in total. The van der Waals surface area contributed by atoms with Crippen molar-refractivity contribution in [2.24, 2.45) is 0 Å². The third-order valence-corrected chi connectivity index (χ3v) is 3.33. The summed E-state index contributed by atoms with van der Waals surface area (Å²) < 4.78 is 20.2. The van der Waals surface area contributed by atoms with E-state index in [9.17, 15) is 9.18 Å². The molecule has 1 heterocycles. The number of hydrogen-bond acceptors (Lipinski definition) is 3. The number of halogens is 1. The topological polar surface area (TPSA) is 56.2 Å². The highest BCUT2D eigenvalue weighted by Gasteiger charge is 2.14. The van der Waals surface area contributed by atoms with Crippen molar-refractivity contribution in [2.45, 2.75) is 26.3 Å². The van der Waals surface area contributed by atoms with E-state index in [2.05, 4.69) is 10.4 Å². The fourth-order valence-electron chi connectivity index (χ4n) is 1.93. The van der Waals surface area contributed by atoms with Gasteiger partial charge in [0.05, 0.1) is 19.3 Å². The van der Waals surface area contributed by atoms with Crippen molar-refractivity contribution >= 4 is 11.7 Å². The molecule has 2 aromatic rings. The van der Waals surface area contributed by atoms with Crippen LogP contribution in [0.3, 0.4) is 0 Å². The molecule has 1 atom stereocenters. The van der Waals surface area contributed by atoms with Gasteiger partial charge >= 0.3 is 0 Å². The van der Waals surface area contributed by atoms with Crippen molar-refractivity contribution in [1.29, 1.82) is 0 Å². The predicted molar refractivity (Wildman–Crippen MR) is 78.1 cm³/mol. The second-order valence-electron chi connectivity index (χ2n) is 4.72. The molecule has 21 heavy (non-hydrogen) atoms. The van der Waals surface area contributed by atoms with E-state index >= 15 is 0 Å². The highest BCUT2D eigenvalue weighted by Crippen LogP contribution is 2.20. The van der Waals surface area contributed by atoms with Crippen LogP contribution < -0.4 is 10.1 Å². The normalized spacial score (nSPS) is 12.0. The molecule has 1 aromatic carbocycles. The first-order valence-electron chi connectivity index (χ1n) is 6.75. The number of anilines is 1. The number of aromatic nitrogens is 2. The van der Waals surface area contributed by atoms with Gasteiger partial charge in [-0.05, 0) is 31.5 Å². The van der Waals surface area contributed by atoms with Gasteiger partial charge in [-0.1, -0.05) is 6.92 Å². The monoisotopic (exact) mass is 291 g/mol. The summed E-state index contributed by atoms with van der Waals surface area (Å²) in [5.41, 5.74) is 0.227. The van der Waals surface area contributed by atoms with Gasteiger partial charge in [-0.3, -0.25) is 4.79 Å². The van der Waals surface area contributed by atoms with Crippen LogP contribution in [0.1, 0.15) is 36.7 Å². The number of benzene rings is 1. The predicted octanol–water partition coefficient (Wildman–Crippen LogP) is 3.25. The molecule has 1 unspecified atom stereocenters. The van der Waals surface area contributed by atoms with Crippen LogP contribution in [0, 0.1) is 5.82 Å². The summed E-state index contributed by atoms with van der Waals surface area (Å²) in [4.78, 5) is 12.2. The van der Waals surface area contributed by atoms with E-state index in [-0.39, 0.29) is 23.3 Å². The molecule has 0 radical (unpaired) electrons. The van der Waals surface area contributed by atoms with Gasteiger partial charge in [-0.25, -0.2) is 9.07 Å². The number of hydrogen-bond donors (Lipinski definition) is 1. The Bertz CT molecular complexity index is 640. The van der Waals surface area contributed by atoms with Crippen molar-refractivity contribution in [3.8, 4) is 5.75 Å². The van der Waals surface area contributed by atoms with Crippen LogP contribution in [-0.4, -0.2) is 22.8 Å². The molecule has 2 rings (SSSR count). The van der Waals surface area contributed by atoms with E-state index in [1.807, 2.05) is 13.8 Å². The Kier molecular flexibility index (Phi) is 4.57. The number of carbonyl (C=O) groups excluding carboxylic acids is 1. The van der Waals surface area contributed by atoms with E-state index in [0.717, 1.165) is 12.5 Å². The van der Waals surface area contributed by atoms with Crippen molar-refractivity contribution < 1.29 is 13.9 Å². The van der Waals surface area contributed by atoms with Gasteiger partial charge in [0.2, 0.25) is 0 Å². The lowest BCUT2D eigenvalue weighted by Crippen LogP contribution is -2.17. The molecule has 0 aliphatic rings. The van der Waals surface area contributed by atoms with Gasteiger partial charge in [-0.2, -0.15) is 5.10 Å². The number of nitrogens with zero attached hydrogens (tertiary/aromatic N) is 2. The van der Waals surface area contributed by atoms with Crippen LogP contribution in [0.15, 0.2) is 30.5 Å². The number of rotatable bonds is 5. The first-order valence-corrected chi connectivity index (χ1v) is 6.75. The van der Waals surface area contributed by atoms with Gasteiger partial charge in [-0.15, -0.1) is 0 Å². The standard InChI is InChI=1S/C15H18FN3O2/c1-4-10(2)19-14(7-8-17-19)18-15(20)11-5-6-13(21-3)12(16)9-11/h5-10H,4H2,1-3H3,(H,18,20). The van der Waals surface area contributed by atoms with Crippen LogP contribution >= 0.6 is 0 Å². The fourth-order valence-corrected chi connectivity index (χ4v) is 1.93. The second kappa shape index (κ2) is 6.39. The van der Waals surface area contributed by atoms with E-state index < -0.39 is 5.82 Å². The summed E-state index contributed by atoms with van der Waals surface area (Å²) >= 11 is 0. The quantitative estimate of drug-likeness (QED) is 0.920. The first kappa shape index (κ1) is 15.0. The summed E-state index contributed by atoms with van der Waals surface area (Å²) in [7, 11) is 1.38. The summed E-state index contributed by atoms with van der Waals surface area (Å²) in [5, 5.41) is 6.93. The lowest BCUT2D eigenvalue weighted by Gasteiger charge is -2.14. The largest absolute Gasteiger partial charge is 0.494 e. The van der Waals surface area contributed by atoms with Crippen LogP contribution in [-0.2, 0) is 0 Å². The number of nitrogens with one attached hydrogen (secondary N) is 1. The second-order valence-corrected chi connectivity index (χ2v) is 4.72. The summed E-state index contributed by atoms with van der Waals surface area (Å²) in [6.07, 6.45) is 2.51. The van der Waals surface area contributed by atoms with Crippen molar-refractivity contribution in [3.63, 3.8) is 0 Å². The highest BCUT2D eigenvalue weighted by molar-refractivity contribution is 6.03. The van der Waals surface area contributed by atoms with E-state index in [1.165, 1.54) is 19.2 Å². The molecule has 6 heteroatoms. The molecule has 112 valence electrons. The number of methoxy groups -OCH3 is 1. The minimum Gasteiger partial charge on any atom is -0.494 e. The molecule has 0 saturated heterocycles. The van der Waals surface area contributed by atoms with Gasteiger partial charge in [0, 0.05) is 11.6 Å². The summed E-state index contributed by atoms with van der Waals surface area (Å²) in [5.74, 6) is -0.260. The molecular weight excluding hydrogens is 273 g/mol. The van der Waals surface area contributed by atoms with Crippen LogP contribution in [0.4, 0.5) is 10.2 Å². The van der Waals surface area contributed by atoms with Crippen LogP contribution in [0.5, 0.6) is 5.75 Å². The molecule has 0 fully saturated rings. The Labute approximate surface area is 122 Å². The lowest BCUT2D eigenvalue weighted by atomic mass is 10.2. The van der Waals surface area contributed by atoms with Gasteiger partial charge < -0.3 is 10.1 Å². The van der Waals surface area contributed by atoms with Crippen LogP contribution in [0.25, 0.3) is 0 Å². The van der Waals surface area contributed by atoms with Crippen molar-refractivity contribution in [3.05, 3.63) is 41.8 Å². The average molecular weight is 291 g/mol. The molecule has 0 bridgehead atoms. The van der Waals surface area contributed by atoms with E-state index in [1.54, 1.807) is 16.9 Å². The summed E-state index contributed by atoms with van der Waals surface area (Å²) in [6, 6.07) is 5.97. The maximum atomic E-state index is 13.6.